The summed E-state index contributed by atoms with van der Waals surface area (Å²) < 4.78 is 27.5. The number of halogens is 1. The van der Waals surface area contributed by atoms with Gasteiger partial charge in [0.05, 0.1) is 42.9 Å². The molecule has 3 aromatic rings. The number of benzene rings is 1. The van der Waals surface area contributed by atoms with Crippen molar-refractivity contribution in [2.75, 3.05) is 57.4 Å². The number of anilines is 1. The van der Waals surface area contributed by atoms with E-state index in [1.165, 1.54) is 12.1 Å². The number of morpholine rings is 1. The highest BCUT2D eigenvalue weighted by molar-refractivity contribution is 5.98. The molecular formula is C38H53FN6O4. The van der Waals surface area contributed by atoms with Gasteiger partial charge in [0.15, 0.2) is 0 Å². The minimum atomic E-state index is -0.595. The topological polar surface area (TPSA) is 82.9 Å². The van der Waals surface area contributed by atoms with Crippen LogP contribution in [0.3, 0.4) is 0 Å². The zero-order valence-electron chi connectivity index (χ0n) is 30.5. The van der Waals surface area contributed by atoms with Gasteiger partial charge in [0.25, 0.3) is 0 Å². The number of carbonyl (C=O) groups excluding carboxylic acids is 2. The first-order valence-electron chi connectivity index (χ1n) is 17.8. The maximum Gasteiger partial charge on any atom is 0.410 e. The summed E-state index contributed by atoms with van der Waals surface area (Å²) in [6, 6.07) is 8.83. The Hall–Kier alpha value is -3.54. The maximum absolute atomic E-state index is 14.6. The van der Waals surface area contributed by atoms with E-state index in [9.17, 15) is 14.0 Å². The van der Waals surface area contributed by atoms with Crippen molar-refractivity contribution in [1.82, 2.24) is 24.1 Å². The van der Waals surface area contributed by atoms with E-state index in [0.717, 1.165) is 53.4 Å². The molecule has 0 spiro atoms. The smallest absolute Gasteiger partial charge is 0.410 e. The standard InChI is InChI=1S/C38H53FN6O4/c1-9-33-40-18-32-28(16-27-10-12-29(39)13-11-27)17-31-35(45(32)33)38(7,8)24-44(31)34(46)22-42-19-25(2)43(36(47)49-37(4,5)6)21-30(42)20-41-14-15-48-23-26(41)3/h10-13,17-18,25-26,30H,9,14-16,19-24H2,1-8H3/t25-,26-,30+/m1/s1. The molecular weight excluding hydrogens is 623 g/mol. The van der Waals surface area contributed by atoms with Crippen molar-refractivity contribution < 1.29 is 23.5 Å². The first-order valence-corrected chi connectivity index (χ1v) is 17.8. The molecule has 2 aromatic heterocycles. The first-order chi connectivity index (χ1) is 23.1. The van der Waals surface area contributed by atoms with E-state index < -0.39 is 5.60 Å². The number of piperazine rings is 1. The molecule has 5 heterocycles. The van der Waals surface area contributed by atoms with Crippen LogP contribution < -0.4 is 4.90 Å². The van der Waals surface area contributed by atoms with Gasteiger partial charge in [-0.05, 0) is 70.4 Å². The molecule has 49 heavy (non-hydrogen) atoms. The van der Waals surface area contributed by atoms with E-state index >= 15 is 0 Å². The highest BCUT2D eigenvalue weighted by Gasteiger charge is 2.44. The van der Waals surface area contributed by atoms with Crippen molar-refractivity contribution in [1.29, 1.82) is 0 Å². The van der Waals surface area contributed by atoms with Crippen LogP contribution in [0, 0.1) is 5.82 Å². The lowest BCUT2D eigenvalue weighted by molar-refractivity contribution is -0.121. The van der Waals surface area contributed by atoms with Crippen LogP contribution in [0.25, 0.3) is 5.52 Å². The molecule has 11 heteroatoms. The average molecular weight is 677 g/mol. The molecule has 0 saturated carbocycles. The highest BCUT2D eigenvalue weighted by Crippen LogP contribution is 2.43. The molecule has 2 fully saturated rings. The SMILES string of the molecule is CCc1ncc2c(Cc3ccc(F)cc3)cc3c(n12)C(C)(C)CN3C(=O)CN1C[C@@H](C)N(C(=O)OC(C)(C)C)C[C@@H]1CN1CCOC[C@H]1C. The highest BCUT2D eigenvalue weighted by atomic mass is 19.1. The van der Waals surface area contributed by atoms with Crippen molar-refractivity contribution in [3.05, 3.63) is 65.0 Å². The van der Waals surface area contributed by atoms with Gasteiger partial charge in [0.1, 0.15) is 17.2 Å². The van der Waals surface area contributed by atoms with Gasteiger partial charge in [-0.2, -0.15) is 0 Å². The summed E-state index contributed by atoms with van der Waals surface area (Å²) in [6.07, 6.45) is 2.97. The van der Waals surface area contributed by atoms with Crippen molar-refractivity contribution in [2.45, 2.75) is 97.4 Å². The lowest BCUT2D eigenvalue weighted by Gasteiger charge is -2.47. The Labute approximate surface area is 290 Å². The number of hydrogen-bond donors (Lipinski definition) is 0. The number of fused-ring (bicyclic) bond motifs is 3. The van der Waals surface area contributed by atoms with Crippen LogP contribution >= 0.6 is 0 Å². The van der Waals surface area contributed by atoms with E-state index in [1.807, 2.05) is 55.8 Å². The monoisotopic (exact) mass is 676 g/mol. The molecule has 0 aliphatic carbocycles. The second-order valence-corrected chi connectivity index (χ2v) is 15.8. The fraction of sp³-hybridized carbons (Fsp3) is 0.605. The molecule has 10 nitrogen and oxygen atoms in total. The van der Waals surface area contributed by atoms with E-state index in [2.05, 4.69) is 48.0 Å². The summed E-state index contributed by atoms with van der Waals surface area (Å²) in [7, 11) is 0. The lowest BCUT2D eigenvalue weighted by Crippen LogP contribution is -2.64. The molecule has 3 atom stereocenters. The Morgan fingerprint density at radius 3 is 2.49 bits per heavy atom. The molecule has 0 bridgehead atoms. The predicted octanol–water partition coefficient (Wildman–Crippen LogP) is 5.28. The quantitative estimate of drug-likeness (QED) is 0.337. The van der Waals surface area contributed by atoms with Gasteiger partial charge in [-0.15, -0.1) is 0 Å². The minimum Gasteiger partial charge on any atom is -0.444 e. The number of ether oxygens (including phenoxy) is 2. The third-order valence-corrected chi connectivity index (χ3v) is 10.2. The number of hydrogen-bond acceptors (Lipinski definition) is 7. The summed E-state index contributed by atoms with van der Waals surface area (Å²) in [5.41, 5.74) is 4.16. The number of amides is 2. The van der Waals surface area contributed by atoms with E-state index in [1.54, 1.807) is 0 Å². The number of aromatic nitrogens is 2. The van der Waals surface area contributed by atoms with Crippen LogP contribution in [0.2, 0.25) is 0 Å². The number of pyridine rings is 1. The van der Waals surface area contributed by atoms with Crippen molar-refractivity contribution in [3.8, 4) is 0 Å². The van der Waals surface area contributed by atoms with E-state index in [0.29, 0.717) is 39.3 Å². The van der Waals surface area contributed by atoms with Gasteiger partial charge in [-0.25, -0.2) is 14.2 Å². The fourth-order valence-corrected chi connectivity index (χ4v) is 7.75. The number of rotatable bonds is 7. The summed E-state index contributed by atoms with van der Waals surface area (Å²) in [6.45, 7) is 21.1. The van der Waals surface area contributed by atoms with Gasteiger partial charge in [-0.1, -0.05) is 32.9 Å². The Morgan fingerprint density at radius 2 is 1.82 bits per heavy atom. The summed E-state index contributed by atoms with van der Waals surface area (Å²) >= 11 is 0. The Bertz CT molecular complexity index is 1680. The minimum absolute atomic E-state index is 0.0371. The van der Waals surface area contributed by atoms with Gasteiger partial charge >= 0.3 is 6.09 Å². The molecule has 2 amide bonds. The molecule has 0 radical (unpaired) electrons. The summed E-state index contributed by atoms with van der Waals surface area (Å²) in [4.78, 5) is 41.2. The van der Waals surface area contributed by atoms with Gasteiger partial charge < -0.3 is 19.3 Å². The summed E-state index contributed by atoms with van der Waals surface area (Å²) in [5, 5.41) is 0. The molecule has 1 aromatic carbocycles. The third kappa shape index (κ3) is 7.35. The maximum atomic E-state index is 14.6. The lowest BCUT2D eigenvalue weighted by atomic mass is 9.90. The Kier molecular flexibility index (Phi) is 9.82. The number of imidazole rings is 1. The Balaban J connectivity index is 1.32. The van der Waals surface area contributed by atoms with E-state index in [-0.39, 0.29) is 47.9 Å². The van der Waals surface area contributed by atoms with Gasteiger partial charge in [-0.3, -0.25) is 19.0 Å². The van der Waals surface area contributed by atoms with Crippen LogP contribution in [0.4, 0.5) is 14.9 Å². The van der Waals surface area contributed by atoms with Crippen LogP contribution in [0.5, 0.6) is 0 Å². The van der Waals surface area contributed by atoms with Gasteiger partial charge in [0, 0.05) is 62.7 Å². The fourth-order valence-electron chi connectivity index (χ4n) is 7.75. The van der Waals surface area contributed by atoms with Crippen LogP contribution in [-0.2, 0) is 32.5 Å². The van der Waals surface area contributed by atoms with Crippen molar-refractivity contribution >= 4 is 23.2 Å². The normalized spacial score (nSPS) is 23.2. The number of nitrogens with zero attached hydrogens (tertiary/aromatic N) is 6. The number of carbonyl (C=O) groups is 2. The summed E-state index contributed by atoms with van der Waals surface area (Å²) in [5.74, 6) is 0.734. The van der Waals surface area contributed by atoms with Crippen molar-refractivity contribution in [2.24, 2.45) is 0 Å². The van der Waals surface area contributed by atoms with Crippen LogP contribution in [0.1, 0.15) is 78.0 Å². The zero-order valence-corrected chi connectivity index (χ0v) is 30.5. The molecule has 2 saturated heterocycles. The third-order valence-electron chi connectivity index (χ3n) is 10.2. The van der Waals surface area contributed by atoms with E-state index in [4.69, 9.17) is 14.5 Å². The van der Waals surface area contributed by atoms with Crippen molar-refractivity contribution in [3.63, 3.8) is 0 Å². The molecule has 6 rings (SSSR count). The van der Waals surface area contributed by atoms with Crippen LogP contribution in [-0.4, -0.2) is 112 Å². The van der Waals surface area contributed by atoms with Crippen LogP contribution in [0.15, 0.2) is 36.5 Å². The van der Waals surface area contributed by atoms with Gasteiger partial charge in [0.2, 0.25) is 5.91 Å². The Morgan fingerprint density at radius 1 is 1.08 bits per heavy atom. The molecule has 3 aliphatic rings. The number of aryl methyl sites for hydroxylation is 1. The predicted molar refractivity (Wildman–Crippen MR) is 189 cm³/mol. The molecule has 3 aliphatic heterocycles. The largest absolute Gasteiger partial charge is 0.444 e. The second-order valence-electron chi connectivity index (χ2n) is 15.8. The first kappa shape index (κ1) is 35.3. The zero-order chi connectivity index (χ0) is 35.2. The average Bonchev–Trinajstić information content (AvgIpc) is 3.57. The molecule has 0 N–H and O–H groups in total. The second kappa shape index (κ2) is 13.6. The molecule has 0 unspecified atom stereocenters. The molecule has 266 valence electrons.